The molecular weight excluding hydrogens is 354 g/mol. The minimum Gasteiger partial charge on any atom is -0.333 e. The van der Waals surface area contributed by atoms with Gasteiger partial charge in [-0.2, -0.15) is 5.10 Å². The van der Waals surface area contributed by atoms with Crippen molar-refractivity contribution >= 4 is 33.2 Å². The van der Waals surface area contributed by atoms with E-state index < -0.39 is 0 Å². The Morgan fingerprint density at radius 3 is 3.10 bits per heavy atom. The van der Waals surface area contributed by atoms with Gasteiger partial charge >= 0.3 is 0 Å². The van der Waals surface area contributed by atoms with E-state index in [9.17, 15) is 9.59 Å². The molecule has 1 saturated heterocycles. The number of likely N-dealkylation sites (tertiary alicyclic amines) is 1. The third kappa shape index (κ3) is 3.08. The monoisotopic (exact) mass is 367 g/mol. The summed E-state index contributed by atoms with van der Waals surface area (Å²) in [7, 11) is 0. The number of halogens is 1. The number of thiophene rings is 1. The summed E-state index contributed by atoms with van der Waals surface area (Å²) in [5, 5.41) is 5.98. The highest BCUT2D eigenvalue weighted by Crippen LogP contribution is 2.26. The first kappa shape index (κ1) is 14.5. The molecule has 1 fully saturated rings. The van der Waals surface area contributed by atoms with Gasteiger partial charge in [0.2, 0.25) is 0 Å². The molecular formula is C14H14BrN3O2S. The number of carbonyl (C=O) groups is 1. The van der Waals surface area contributed by atoms with E-state index in [-0.39, 0.29) is 17.5 Å². The van der Waals surface area contributed by atoms with Crippen molar-refractivity contribution in [3.8, 4) is 0 Å². The fourth-order valence-electron chi connectivity index (χ4n) is 2.58. The van der Waals surface area contributed by atoms with Crippen LogP contribution in [0.3, 0.4) is 0 Å². The fraction of sp³-hybridized carbons (Fsp3) is 0.357. The summed E-state index contributed by atoms with van der Waals surface area (Å²) < 4.78 is 2.35. The van der Waals surface area contributed by atoms with Crippen LogP contribution in [0.25, 0.3) is 0 Å². The number of aromatic nitrogens is 2. The van der Waals surface area contributed by atoms with Crippen molar-refractivity contribution in [2.24, 2.45) is 0 Å². The molecule has 0 aromatic carbocycles. The van der Waals surface area contributed by atoms with Crippen molar-refractivity contribution in [2.45, 2.75) is 25.4 Å². The van der Waals surface area contributed by atoms with Gasteiger partial charge in [0.05, 0.1) is 17.5 Å². The molecule has 0 saturated carbocycles. The third-order valence-corrected chi connectivity index (χ3v) is 5.26. The van der Waals surface area contributed by atoms with Crippen LogP contribution in [-0.4, -0.2) is 33.2 Å². The van der Waals surface area contributed by atoms with Crippen LogP contribution in [0.15, 0.2) is 39.0 Å². The van der Waals surface area contributed by atoms with Gasteiger partial charge in [0.25, 0.3) is 11.5 Å². The van der Waals surface area contributed by atoms with Gasteiger partial charge in [-0.3, -0.25) is 9.59 Å². The lowest BCUT2D eigenvalue weighted by molar-refractivity contribution is 0.0725. The largest absolute Gasteiger partial charge is 0.333 e. The first-order valence-electron chi connectivity index (χ1n) is 6.72. The van der Waals surface area contributed by atoms with Gasteiger partial charge in [0, 0.05) is 28.7 Å². The van der Waals surface area contributed by atoms with Crippen molar-refractivity contribution in [3.63, 3.8) is 0 Å². The molecule has 0 bridgehead atoms. The van der Waals surface area contributed by atoms with Crippen LogP contribution < -0.4 is 5.56 Å². The van der Waals surface area contributed by atoms with Gasteiger partial charge in [-0.05, 0) is 40.9 Å². The number of amides is 1. The van der Waals surface area contributed by atoms with Gasteiger partial charge in [-0.25, -0.2) is 4.68 Å². The second-order valence-corrected chi connectivity index (χ2v) is 6.79. The third-order valence-electron chi connectivity index (χ3n) is 3.59. The van der Waals surface area contributed by atoms with Crippen molar-refractivity contribution in [3.05, 3.63) is 49.5 Å². The second kappa shape index (κ2) is 6.11. The highest BCUT2D eigenvalue weighted by Gasteiger charge is 2.30. The Bertz CT molecular complexity index is 712. The standard InChI is InChI=1S/C14H14BrN3O2S/c15-10-7-12(21-9-10)14(20)17-6-2-3-11(17)8-18-13(19)4-1-5-16-18/h1,4-5,7,9,11H,2-3,6,8H2. The summed E-state index contributed by atoms with van der Waals surface area (Å²) in [5.41, 5.74) is -0.129. The average molecular weight is 368 g/mol. The molecule has 0 spiro atoms. The van der Waals surface area contributed by atoms with Crippen LogP contribution in [0.1, 0.15) is 22.5 Å². The van der Waals surface area contributed by atoms with Crippen molar-refractivity contribution < 1.29 is 4.79 Å². The number of hydrogen-bond donors (Lipinski definition) is 0. The Hall–Kier alpha value is -1.47. The molecule has 21 heavy (non-hydrogen) atoms. The molecule has 5 nitrogen and oxygen atoms in total. The maximum Gasteiger partial charge on any atom is 0.266 e. The molecule has 0 radical (unpaired) electrons. The SMILES string of the molecule is O=C(c1cc(Br)cs1)N1CCCC1Cn1ncccc1=O. The zero-order chi connectivity index (χ0) is 14.8. The van der Waals surface area contributed by atoms with Crippen LogP contribution in [0.5, 0.6) is 0 Å². The summed E-state index contributed by atoms with van der Waals surface area (Å²) >= 11 is 4.81. The lowest BCUT2D eigenvalue weighted by Crippen LogP contribution is -2.40. The molecule has 110 valence electrons. The summed E-state index contributed by atoms with van der Waals surface area (Å²) in [5.74, 6) is 0.0391. The molecule has 2 aromatic heterocycles. The Kier molecular flexibility index (Phi) is 4.21. The maximum atomic E-state index is 12.6. The topological polar surface area (TPSA) is 55.2 Å². The summed E-state index contributed by atoms with van der Waals surface area (Å²) in [6.07, 6.45) is 3.46. The summed E-state index contributed by atoms with van der Waals surface area (Å²) in [4.78, 5) is 26.9. The van der Waals surface area contributed by atoms with Crippen molar-refractivity contribution in [1.82, 2.24) is 14.7 Å². The van der Waals surface area contributed by atoms with E-state index in [1.807, 2.05) is 16.3 Å². The fourth-order valence-corrected chi connectivity index (χ4v) is 3.97. The molecule has 2 aromatic rings. The molecule has 1 amide bonds. The Labute approximate surface area is 134 Å². The van der Waals surface area contributed by atoms with E-state index in [1.54, 1.807) is 12.3 Å². The molecule has 0 N–H and O–H groups in total. The Balaban J connectivity index is 1.78. The lowest BCUT2D eigenvalue weighted by atomic mass is 10.2. The van der Waals surface area contributed by atoms with Crippen molar-refractivity contribution in [2.75, 3.05) is 6.54 Å². The van der Waals surface area contributed by atoms with Gasteiger partial charge in [-0.1, -0.05) is 0 Å². The van der Waals surface area contributed by atoms with E-state index in [2.05, 4.69) is 21.0 Å². The second-order valence-electron chi connectivity index (χ2n) is 4.97. The highest BCUT2D eigenvalue weighted by atomic mass is 79.9. The molecule has 3 heterocycles. The summed E-state index contributed by atoms with van der Waals surface area (Å²) in [6.45, 7) is 1.19. The number of nitrogens with zero attached hydrogens (tertiary/aromatic N) is 3. The van der Waals surface area contributed by atoms with E-state index in [4.69, 9.17) is 0 Å². The van der Waals surface area contributed by atoms with Gasteiger partial charge in [0.1, 0.15) is 0 Å². The van der Waals surface area contributed by atoms with Crippen LogP contribution in [0, 0.1) is 0 Å². The van der Waals surface area contributed by atoms with E-state index in [0.29, 0.717) is 6.54 Å². The number of carbonyl (C=O) groups excluding carboxylic acids is 1. The Morgan fingerprint density at radius 2 is 2.38 bits per heavy atom. The minimum atomic E-state index is -0.129. The average Bonchev–Trinajstić information content (AvgIpc) is 3.10. The first-order valence-corrected chi connectivity index (χ1v) is 8.39. The highest BCUT2D eigenvalue weighted by molar-refractivity contribution is 9.10. The molecule has 3 rings (SSSR count). The van der Waals surface area contributed by atoms with E-state index in [1.165, 1.54) is 22.1 Å². The molecule has 1 unspecified atom stereocenters. The molecule has 1 aliphatic heterocycles. The first-order chi connectivity index (χ1) is 10.1. The quantitative estimate of drug-likeness (QED) is 0.836. The van der Waals surface area contributed by atoms with Crippen LogP contribution in [0.2, 0.25) is 0 Å². The van der Waals surface area contributed by atoms with Gasteiger partial charge < -0.3 is 4.90 Å². The molecule has 1 atom stereocenters. The number of rotatable bonds is 3. The number of hydrogen-bond acceptors (Lipinski definition) is 4. The normalized spacial score (nSPS) is 18.1. The van der Waals surface area contributed by atoms with Crippen LogP contribution >= 0.6 is 27.3 Å². The van der Waals surface area contributed by atoms with E-state index >= 15 is 0 Å². The van der Waals surface area contributed by atoms with Crippen molar-refractivity contribution in [1.29, 1.82) is 0 Å². The molecule has 0 aliphatic carbocycles. The van der Waals surface area contributed by atoms with Crippen LogP contribution in [-0.2, 0) is 6.54 Å². The summed E-state index contributed by atoms with van der Waals surface area (Å²) in [6, 6.07) is 4.99. The smallest absolute Gasteiger partial charge is 0.266 e. The predicted octanol–water partition coefficient (Wildman–Crippen LogP) is 2.37. The zero-order valence-electron chi connectivity index (χ0n) is 11.2. The lowest BCUT2D eigenvalue weighted by Gasteiger charge is -2.24. The van der Waals surface area contributed by atoms with E-state index in [0.717, 1.165) is 28.7 Å². The maximum absolute atomic E-state index is 12.6. The zero-order valence-corrected chi connectivity index (χ0v) is 13.6. The van der Waals surface area contributed by atoms with Gasteiger partial charge in [0.15, 0.2) is 0 Å². The molecule has 1 aliphatic rings. The Morgan fingerprint density at radius 1 is 1.52 bits per heavy atom. The van der Waals surface area contributed by atoms with Crippen LogP contribution in [0.4, 0.5) is 0 Å². The predicted molar refractivity (Wildman–Crippen MR) is 84.6 cm³/mol. The van der Waals surface area contributed by atoms with Gasteiger partial charge in [-0.15, -0.1) is 11.3 Å². The molecule has 7 heteroatoms. The minimum absolute atomic E-state index is 0.0333.